The Labute approximate surface area is 162 Å². The van der Waals surface area contributed by atoms with E-state index in [-0.39, 0.29) is 5.91 Å². The molecule has 1 aromatic heterocycles. The zero-order chi connectivity index (χ0) is 18.6. The Hall–Kier alpha value is -2.73. The number of rotatable bonds is 7. The van der Waals surface area contributed by atoms with Crippen molar-refractivity contribution >= 4 is 17.7 Å². The number of aromatic nitrogens is 2. The van der Waals surface area contributed by atoms with Crippen molar-refractivity contribution in [1.29, 1.82) is 0 Å². The molecule has 1 saturated carbocycles. The first-order chi connectivity index (χ1) is 13.3. The number of ether oxygens (including phenoxy) is 1. The number of nitrogens with zero attached hydrogens (tertiary/aromatic N) is 2. The van der Waals surface area contributed by atoms with Crippen LogP contribution in [0.4, 0.5) is 0 Å². The van der Waals surface area contributed by atoms with Crippen LogP contribution >= 0.6 is 11.8 Å². The Morgan fingerprint density at radius 3 is 2.67 bits per heavy atom. The van der Waals surface area contributed by atoms with Gasteiger partial charge < -0.3 is 10.1 Å². The Kier molecular flexibility index (Phi) is 5.16. The van der Waals surface area contributed by atoms with E-state index in [9.17, 15) is 4.79 Å². The summed E-state index contributed by atoms with van der Waals surface area (Å²) in [5.74, 6) is 1.16. The number of methoxy groups -OCH3 is 1. The van der Waals surface area contributed by atoms with Gasteiger partial charge >= 0.3 is 0 Å². The summed E-state index contributed by atoms with van der Waals surface area (Å²) in [6.07, 6.45) is 4.03. The maximum Gasteiger partial charge on any atom is 0.230 e. The lowest BCUT2D eigenvalue weighted by molar-refractivity contribution is -0.118. The summed E-state index contributed by atoms with van der Waals surface area (Å²) < 4.78 is 7.62. The van der Waals surface area contributed by atoms with Crippen molar-refractivity contribution in [2.24, 2.45) is 0 Å². The minimum absolute atomic E-state index is 0.0540. The molecule has 0 spiro atoms. The molecule has 5 nitrogen and oxygen atoms in total. The summed E-state index contributed by atoms with van der Waals surface area (Å²) >= 11 is 1.44. The van der Waals surface area contributed by atoms with Gasteiger partial charge in [-0.3, -0.25) is 9.36 Å². The van der Waals surface area contributed by atoms with Crippen LogP contribution in [-0.2, 0) is 4.79 Å². The lowest BCUT2D eigenvalue weighted by atomic mass is 10.1. The fraction of sp³-hybridized carbons (Fsp3) is 0.238. The average Bonchev–Trinajstić information content (AvgIpc) is 3.42. The van der Waals surface area contributed by atoms with E-state index in [4.69, 9.17) is 4.74 Å². The number of thioether (sulfide) groups is 1. The maximum absolute atomic E-state index is 12.1. The van der Waals surface area contributed by atoms with E-state index in [0.717, 1.165) is 40.7 Å². The highest BCUT2D eigenvalue weighted by Crippen LogP contribution is 2.33. The fourth-order valence-electron chi connectivity index (χ4n) is 2.92. The van der Waals surface area contributed by atoms with Crippen molar-refractivity contribution in [1.82, 2.24) is 14.9 Å². The monoisotopic (exact) mass is 379 g/mol. The van der Waals surface area contributed by atoms with E-state index < -0.39 is 0 Å². The molecule has 1 aliphatic rings. The predicted octanol–water partition coefficient (Wildman–Crippen LogP) is 3.92. The van der Waals surface area contributed by atoms with Crippen LogP contribution in [0.5, 0.6) is 5.75 Å². The van der Waals surface area contributed by atoms with Gasteiger partial charge in [-0.05, 0) is 25.0 Å². The molecule has 1 aliphatic carbocycles. The zero-order valence-electron chi connectivity index (χ0n) is 15.1. The Bertz CT molecular complexity index is 936. The second-order valence-corrected chi connectivity index (χ2v) is 7.37. The van der Waals surface area contributed by atoms with E-state index in [0.29, 0.717) is 11.8 Å². The van der Waals surface area contributed by atoms with Gasteiger partial charge in [0.2, 0.25) is 5.91 Å². The highest BCUT2D eigenvalue weighted by atomic mass is 32.2. The summed E-state index contributed by atoms with van der Waals surface area (Å²) in [6.45, 7) is 0. The maximum atomic E-state index is 12.1. The molecule has 3 aromatic rings. The topological polar surface area (TPSA) is 56.2 Å². The average molecular weight is 379 g/mol. The van der Waals surface area contributed by atoms with E-state index in [1.807, 2.05) is 48.7 Å². The van der Waals surface area contributed by atoms with Crippen LogP contribution < -0.4 is 10.1 Å². The number of carbonyl (C=O) groups is 1. The molecule has 0 unspecified atom stereocenters. The zero-order valence-corrected chi connectivity index (χ0v) is 15.9. The minimum atomic E-state index is 0.0540. The van der Waals surface area contributed by atoms with Gasteiger partial charge in [-0.2, -0.15) is 0 Å². The van der Waals surface area contributed by atoms with Crippen LogP contribution in [0.2, 0.25) is 0 Å². The predicted molar refractivity (Wildman–Crippen MR) is 107 cm³/mol. The minimum Gasteiger partial charge on any atom is -0.495 e. The molecule has 0 radical (unpaired) electrons. The van der Waals surface area contributed by atoms with Crippen LogP contribution in [-0.4, -0.2) is 34.4 Å². The van der Waals surface area contributed by atoms with Gasteiger partial charge in [-0.15, -0.1) is 0 Å². The molecule has 4 rings (SSSR count). The van der Waals surface area contributed by atoms with Crippen molar-refractivity contribution in [2.75, 3.05) is 12.9 Å². The Morgan fingerprint density at radius 2 is 1.93 bits per heavy atom. The molecule has 1 amide bonds. The standard InChI is InChI=1S/C21H21N3O2S/c1-26-19-10-6-5-9-17(19)24-18(15-7-3-2-4-8-15)13-22-21(24)27-14-20(25)23-16-11-12-16/h2-10,13,16H,11-12,14H2,1H3,(H,23,25). The highest BCUT2D eigenvalue weighted by molar-refractivity contribution is 7.99. The molecule has 138 valence electrons. The van der Waals surface area contributed by atoms with Crippen molar-refractivity contribution in [3.63, 3.8) is 0 Å². The highest BCUT2D eigenvalue weighted by Gasteiger charge is 2.24. The lowest BCUT2D eigenvalue weighted by Crippen LogP contribution is -2.27. The van der Waals surface area contributed by atoms with Crippen molar-refractivity contribution < 1.29 is 9.53 Å². The first-order valence-electron chi connectivity index (χ1n) is 8.95. The number of benzene rings is 2. The summed E-state index contributed by atoms with van der Waals surface area (Å²) in [5.41, 5.74) is 2.93. The van der Waals surface area contributed by atoms with Gasteiger partial charge in [0.15, 0.2) is 5.16 Å². The summed E-state index contributed by atoms with van der Waals surface area (Å²) in [7, 11) is 1.66. The van der Waals surface area contributed by atoms with Crippen LogP contribution in [0.1, 0.15) is 12.8 Å². The quantitative estimate of drug-likeness (QED) is 0.632. The third-order valence-corrected chi connectivity index (χ3v) is 5.35. The second-order valence-electron chi connectivity index (χ2n) is 6.43. The van der Waals surface area contributed by atoms with Crippen LogP contribution in [0, 0.1) is 0 Å². The molecular weight excluding hydrogens is 358 g/mol. The first-order valence-corrected chi connectivity index (χ1v) is 9.93. The van der Waals surface area contributed by atoms with Crippen LogP contribution in [0.3, 0.4) is 0 Å². The molecule has 27 heavy (non-hydrogen) atoms. The number of hydrogen-bond acceptors (Lipinski definition) is 4. The van der Waals surface area contributed by atoms with E-state index in [2.05, 4.69) is 27.0 Å². The van der Waals surface area contributed by atoms with Gasteiger partial charge in [0, 0.05) is 11.6 Å². The number of amides is 1. The van der Waals surface area contributed by atoms with Crippen molar-refractivity contribution in [3.8, 4) is 22.7 Å². The number of nitrogens with one attached hydrogen (secondary N) is 1. The molecule has 0 atom stereocenters. The first kappa shape index (κ1) is 17.7. The van der Waals surface area contributed by atoms with Crippen LogP contribution in [0.15, 0.2) is 66.0 Å². The van der Waals surface area contributed by atoms with E-state index in [1.54, 1.807) is 7.11 Å². The van der Waals surface area contributed by atoms with Crippen molar-refractivity contribution in [2.45, 2.75) is 24.0 Å². The number of para-hydroxylation sites is 2. The summed E-state index contributed by atoms with van der Waals surface area (Å²) in [5, 5.41) is 3.79. The lowest BCUT2D eigenvalue weighted by Gasteiger charge is -2.15. The molecule has 1 heterocycles. The fourth-order valence-corrected chi connectivity index (χ4v) is 3.72. The molecule has 1 N–H and O–H groups in total. The third-order valence-electron chi connectivity index (χ3n) is 4.40. The summed E-state index contributed by atoms with van der Waals surface area (Å²) in [4.78, 5) is 16.7. The molecule has 0 saturated heterocycles. The molecule has 0 aliphatic heterocycles. The molecule has 6 heteroatoms. The number of hydrogen-bond donors (Lipinski definition) is 1. The third kappa shape index (κ3) is 4.01. The van der Waals surface area contributed by atoms with Gasteiger partial charge in [0.05, 0.1) is 30.4 Å². The SMILES string of the molecule is COc1ccccc1-n1c(-c2ccccc2)cnc1SCC(=O)NC1CC1. The molecular formula is C21H21N3O2S. The largest absolute Gasteiger partial charge is 0.495 e. The van der Waals surface area contributed by atoms with Gasteiger partial charge in [-0.25, -0.2) is 4.98 Å². The van der Waals surface area contributed by atoms with E-state index in [1.165, 1.54) is 11.8 Å². The van der Waals surface area contributed by atoms with E-state index >= 15 is 0 Å². The van der Waals surface area contributed by atoms with Crippen molar-refractivity contribution in [3.05, 3.63) is 60.8 Å². The molecule has 1 fully saturated rings. The normalized spacial score (nSPS) is 13.4. The van der Waals surface area contributed by atoms with Gasteiger partial charge in [-0.1, -0.05) is 54.2 Å². The smallest absolute Gasteiger partial charge is 0.230 e. The van der Waals surface area contributed by atoms with Gasteiger partial charge in [0.1, 0.15) is 5.75 Å². The van der Waals surface area contributed by atoms with Gasteiger partial charge in [0.25, 0.3) is 0 Å². The Morgan fingerprint density at radius 1 is 1.19 bits per heavy atom. The molecule has 2 aromatic carbocycles. The number of carbonyl (C=O) groups excluding carboxylic acids is 1. The van der Waals surface area contributed by atoms with Crippen LogP contribution in [0.25, 0.3) is 16.9 Å². The Balaban J connectivity index is 1.70. The number of imidazole rings is 1. The summed E-state index contributed by atoms with van der Waals surface area (Å²) in [6, 6.07) is 18.3. The molecule has 0 bridgehead atoms. The second kappa shape index (κ2) is 7.88.